The summed E-state index contributed by atoms with van der Waals surface area (Å²) in [5, 5.41) is 5.47. The third kappa shape index (κ3) is 6.28. The SMILES string of the molecule is COC(=O)CCc1cnc([C@@H]2CCCN2N2CCN(CC(F)(F)F)CC2)s1.Cl. The number of esters is 1. The minimum absolute atomic E-state index is 0. The van der Waals surface area contributed by atoms with Gasteiger partial charge in [-0.2, -0.15) is 13.2 Å². The maximum absolute atomic E-state index is 12.6. The Morgan fingerprint density at radius 2 is 2.00 bits per heavy atom. The number of hydrazine groups is 1. The van der Waals surface area contributed by atoms with Crippen LogP contribution in [0.1, 0.15) is 35.2 Å². The molecule has 0 N–H and O–H groups in total. The van der Waals surface area contributed by atoms with Gasteiger partial charge in [0.1, 0.15) is 5.01 Å². The summed E-state index contributed by atoms with van der Waals surface area (Å²) >= 11 is 1.61. The number of nitrogens with zero attached hydrogens (tertiary/aromatic N) is 4. The zero-order valence-electron chi connectivity index (χ0n) is 15.8. The number of ether oxygens (including phenoxy) is 1. The van der Waals surface area contributed by atoms with Gasteiger partial charge in [-0.3, -0.25) is 9.69 Å². The molecule has 0 saturated carbocycles. The Labute approximate surface area is 173 Å². The number of carbonyl (C=O) groups excluding carboxylic acids is 1. The van der Waals surface area contributed by atoms with Gasteiger partial charge in [0.25, 0.3) is 0 Å². The second kappa shape index (κ2) is 10.2. The highest BCUT2D eigenvalue weighted by atomic mass is 35.5. The van der Waals surface area contributed by atoms with Crippen molar-refractivity contribution in [3.05, 3.63) is 16.1 Å². The largest absolute Gasteiger partial charge is 0.469 e. The minimum Gasteiger partial charge on any atom is -0.469 e. The van der Waals surface area contributed by atoms with E-state index in [0.717, 1.165) is 29.3 Å². The van der Waals surface area contributed by atoms with Crippen LogP contribution in [0.3, 0.4) is 0 Å². The third-order valence-electron chi connectivity index (χ3n) is 5.00. The fraction of sp³-hybridized carbons (Fsp3) is 0.765. The lowest BCUT2D eigenvalue weighted by molar-refractivity contribution is -0.156. The summed E-state index contributed by atoms with van der Waals surface area (Å²) in [5.74, 6) is -0.232. The van der Waals surface area contributed by atoms with Crippen LogP contribution in [0.4, 0.5) is 13.2 Å². The molecular formula is C17H26ClF3N4O2S. The number of piperazine rings is 1. The van der Waals surface area contributed by atoms with Crippen molar-refractivity contribution in [2.24, 2.45) is 0 Å². The van der Waals surface area contributed by atoms with Gasteiger partial charge in [-0.25, -0.2) is 15.0 Å². The topological polar surface area (TPSA) is 48.9 Å². The molecule has 0 amide bonds. The van der Waals surface area contributed by atoms with Crippen molar-refractivity contribution in [2.45, 2.75) is 37.9 Å². The molecule has 2 fully saturated rings. The summed E-state index contributed by atoms with van der Waals surface area (Å²) in [7, 11) is 1.38. The van der Waals surface area contributed by atoms with Crippen LogP contribution in [0.15, 0.2) is 6.20 Å². The van der Waals surface area contributed by atoms with Crippen LogP contribution in [-0.4, -0.2) is 78.4 Å². The summed E-state index contributed by atoms with van der Waals surface area (Å²) in [6.45, 7) is 2.12. The van der Waals surface area contributed by atoms with E-state index in [9.17, 15) is 18.0 Å². The van der Waals surface area contributed by atoms with Crippen molar-refractivity contribution in [1.82, 2.24) is 19.9 Å². The monoisotopic (exact) mass is 442 g/mol. The van der Waals surface area contributed by atoms with E-state index in [4.69, 9.17) is 0 Å². The van der Waals surface area contributed by atoms with E-state index in [1.807, 2.05) is 6.20 Å². The number of methoxy groups -OCH3 is 1. The number of carbonyl (C=O) groups is 1. The Morgan fingerprint density at radius 1 is 1.29 bits per heavy atom. The summed E-state index contributed by atoms with van der Waals surface area (Å²) in [4.78, 5) is 18.4. The molecule has 0 bridgehead atoms. The van der Waals surface area contributed by atoms with Crippen molar-refractivity contribution in [2.75, 3.05) is 46.4 Å². The van der Waals surface area contributed by atoms with Gasteiger partial charge in [-0.15, -0.1) is 23.7 Å². The highest BCUT2D eigenvalue weighted by Crippen LogP contribution is 2.36. The first kappa shape index (κ1) is 23.3. The number of aryl methyl sites for hydroxylation is 1. The molecule has 2 aliphatic rings. The molecule has 1 aromatic heterocycles. The third-order valence-corrected chi connectivity index (χ3v) is 6.16. The zero-order chi connectivity index (χ0) is 19.4. The van der Waals surface area contributed by atoms with Gasteiger partial charge in [0.15, 0.2) is 0 Å². The molecule has 11 heteroatoms. The highest BCUT2D eigenvalue weighted by Gasteiger charge is 2.36. The first-order chi connectivity index (χ1) is 12.9. The van der Waals surface area contributed by atoms with Crippen LogP contribution in [0.25, 0.3) is 0 Å². The van der Waals surface area contributed by atoms with Crippen molar-refractivity contribution >= 4 is 29.7 Å². The van der Waals surface area contributed by atoms with E-state index in [0.29, 0.717) is 39.0 Å². The maximum atomic E-state index is 12.6. The number of thiazole rings is 1. The second-order valence-electron chi connectivity index (χ2n) is 6.91. The van der Waals surface area contributed by atoms with Gasteiger partial charge in [0, 0.05) is 43.8 Å². The summed E-state index contributed by atoms with van der Waals surface area (Å²) in [6.07, 6.45) is 0.679. The Hall–Kier alpha value is -0.940. The first-order valence-electron chi connectivity index (χ1n) is 9.18. The highest BCUT2D eigenvalue weighted by molar-refractivity contribution is 7.11. The van der Waals surface area contributed by atoms with Crippen LogP contribution in [0.2, 0.25) is 0 Å². The van der Waals surface area contributed by atoms with Gasteiger partial charge in [-0.1, -0.05) is 0 Å². The number of rotatable bonds is 6. The molecule has 3 rings (SSSR count). The molecule has 0 spiro atoms. The lowest BCUT2D eigenvalue weighted by Crippen LogP contribution is -2.54. The van der Waals surface area contributed by atoms with Crippen molar-refractivity contribution < 1.29 is 22.7 Å². The second-order valence-corrected chi connectivity index (χ2v) is 8.05. The van der Waals surface area contributed by atoms with Gasteiger partial charge < -0.3 is 4.74 Å². The number of alkyl halides is 3. The molecule has 0 radical (unpaired) electrons. The average Bonchev–Trinajstić information content (AvgIpc) is 3.28. The summed E-state index contributed by atoms with van der Waals surface area (Å²) in [5.41, 5.74) is 0. The number of hydrogen-bond acceptors (Lipinski definition) is 7. The Morgan fingerprint density at radius 3 is 2.64 bits per heavy atom. The molecule has 0 aliphatic carbocycles. The van der Waals surface area contributed by atoms with Crippen LogP contribution >= 0.6 is 23.7 Å². The standard InChI is InChI=1S/C17H25F3N4O2S.ClH/c1-26-15(25)5-4-13-11-21-16(27-13)14-3-2-6-24(14)23-9-7-22(8-10-23)12-17(18,19)20;/h11,14H,2-10,12H2,1H3;1H/t14-;/m0./s1. The molecular weight excluding hydrogens is 417 g/mol. The fourth-order valence-corrected chi connectivity index (χ4v) is 4.73. The van der Waals surface area contributed by atoms with Crippen molar-refractivity contribution in [3.63, 3.8) is 0 Å². The molecule has 2 aliphatic heterocycles. The van der Waals surface area contributed by atoms with E-state index in [2.05, 4.69) is 19.7 Å². The lowest BCUT2D eigenvalue weighted by atomic mass is 10.2. The van der Waals surface area contributed by atoms with Gasteiger partial charge in [0.2, 0.25) is 0 Å². The van der Waals surface area contributed by atoms with Crippen molar-refractivity contribution in [3.8, 4) is 0 Å². The van der Waals surface area contributed by atoms with E-state index in [1.165, 1.54) is 12.0 Å². The lowest BCUT2D eigenvalue weighted by Gasteiger charge is -2.41. The molecule has 28 heavy (non-hydrogen) atoms. The number of halogens is 4. The van der Waals surface area contributed by atoms with E-state index in [1.54, 1.807) is 11.3 Å². The normalized spacial score (nSPS) is 22.2. The zero-order valence-corrected chi connectivity index (χ0v) is 17.4. The molecule has 160 valence electrons. The van der Waals surface area contributed by atoms with Gasteiger partial charge >= 0.3 is 12.1 Å². The molecule has 0 unspecified atom stereocenters. The molecule has 3 heterocycles. The summed E-state index contributed by atoms with van der Waals surface area (Å²) in [6, 6.07) is 0.177. The van der Waals surface area contributed by atoms with E-state index in [-0.39, 0.29) is 24.4 Å². The molecule has 6 nitrogen and oxygen atoms in total. The molecule has 1 atom stereocenters. The number of hydrogen-bond donors (Lipinski definition) is 0. The Balaban J connectivity index is 0.00000280. The average molecular weight is 443 g/mol. The maximum Gasteiger partial charge on any atom is 0.401 e. The van der Waals surface area contributed by atoms with Crippen molar-refractivity contribution in [1.29, 1.82) is 0 Å². The Bertz CT molecular complexity index is 638. The quantitative estimate of drug-likeness (QED) is 0.631. The summed E-state index contributed by atoms with van der Waals surface area (Å²) < 4.78 is 42.3. The molecule has 1 aromatic rings. The van der Waals surface area contributed by atoms with E-state index < -0.39 is 12.7 Å². The van der Waals surface area contributed by atoms with Crippen LogP contribution in [0, 0.1) is 0 Å². The molecule has 2 saturated heterocycles. The predicted molar refractivity (Wildman–Crippen MR) is 102 cm³/mol. The van der Waals surface area contributed by atoms with Crippen LogP contribution in [-0.2, 0) is 16.0 Å². The fourth-order valence-electron chi connectivity index (χ4n) is 3.67. The smallest absolute Gasteiger partial charge is 0.401 e. The number of aromatic nitrogens is 1. The Kier molecular flexibility index (Phi) is 8.50. The van der Waals surface area contributed by atoms with Gasteiger partial charge in [-0.05, 0) is 19.3 Å². The van der Waals surface area contributed by atoms with Gasteiger partial charge in [0.05, 0.1) is 26.1 Å². The van der Waals surface area contributed by atoms with Crippen LogP contribution < -0.4 is 0 Å². The minimum atomic E-state index is -4.14. The first-order valence-corrected chi connectivity index (χ1v) is 9.99. The van der Waals surface area contributed by atoms with E-state index >= 15 is 0 Å². The van der Waals surface area contributed by atoms with Crippen LogP contribution in [0.5, 0.6) is 0 Å². The predicted octanol–water partition coefficient (Wildman–Crippen LogP) is 2.90. The molecule has 0 aromatic carbocycles.